The highest BCUT2D eigenvalue weighted by atomic mass is 32.2. The van der Waals surface area contributed by atoms with Crippen LogP contribution in [0, 0.1) is 5.82 Å². The van der Waals surface area contributed by atoms with Gasteiger partial charge in [0.05, 0.1) is 11.4 Å². The number of thiophene rings is 1. The van der Waals surface area contributed by atoms with E-state index in [4.69, 9.17) is 0 Å². The smallest absolute Gasteiger partial charge is 0.233 e. The molecule has 0 atom stereocenters. The molecule has 0 unspecified atom stereocenters. The van der Waals surface area contributed by atoms with Crippen molar-refractivity contribution in [3.63, 3.8) is 0 Å². The Morgan fingerprint density at radius 1 is 1.18 bits per heavy atom. The number of anilines is 1. The number of hydrogen-bond acceptors (Lipinski definition) is 6. The molecule has 28 heavy (non-hydrogen) atoms. The molecule has 3 heterocycles. The Morgan fingerprint density at radius 2 is 2.00 bits per heavy atom. The molecule has 1 aromatic carbocycles. The van der Waals surface area contributed by atoms with Gasteiger partial charge < -0.3 is 9.80 Å². The van der Waals surface area contributed by atoms with Gasteiger partial charge in [-0.15, -0.1) is 16.4 Å². The fourth-order valence-corrected chi connectivity index (χ4v) is 4.55. The highest BCUT2D eigenvalue weighted by Gasteiger charge is 2.23. The number of rotatable bonds is 6. The predicted molar refractivity (Wildman–Crippen MR) is 109 cm³/mol. The van der Waals surface area contributed by atoms with Gasteiger partial charge in [-0.25, -0.2) is 9.37 Å². The van der Waals surface area contributed by atoms with Gasteiger partial charge in [0.1, 0.15) is 11.6 Å². The highest BCUT2D eigenvalue weighted by molar-refractivity contribution is 7.99. The average Bonchev–Trinajstić information content (AvgIpc) is 3.39. The van der Waals surface area contributed by atoms with Crippen molar-refractivity contribution in [2.45, 2.75) is 11.6 Å². The van der Waals surface area contributed by atoms with E-state index >= 15 is 0 Å². The van der Waals surface area contributed by atoms with E-state index in [0.29, 0.717) is 42.8 Å². The molecule has 3 aromatic rings. The summed E-state index contributed by atoms with van der Waals surface area (Å²) < 4.78 is 13.9. The molecule has 1 fully saturated rings. The van der Waals surface area contributed by atoms with Gasteiger partial charge in [-0.05, 0) is 23.6 Å². The molecule has 0 bridgehead atoms. The summed E-state index contributed by atoms with van der Waals surface area (Å²) >= 11 is 3.02. The van der Waals surface area contributed by atoms with Gasteiger partial charge in [0, 0.05) is 37.5 Å². The number of aromatic nitrogens is 3. The van der Waals surface area contributed by atoms with Gasteiger partial charge in [-0.3, -0.25) is 9.89 Å². The number of piperazine rings is 1. The first-order valence-electron chi connectivity index (χ1n) is 9.03. The molecular formula is C19H20FN5OS2. The molecule has 4 rings (SSSR count). The van der Waals surface area contributed by atoms with E-state index in [1.807, 2.05) is 27.3 Å². The number of nitrogens with zero attached hydrogens (tertiary/aromatic N) is 4. The van der Waals surface area contributed by atoms with E-state index in [2.05, 4.69) is 21.2 Å². The number of H-pyrrole nitrogens is 1. The van der Waals surface area contributed by atoms with Crippen LogP contribution in [0.15, 0.2) is 46.9 Å². The van der Waals surface area contributed by atoms with Crippen molar-refractivity contribution in [2.75, 3.05) is 36.8 Å². The fraction of sp³-hybridized carbons (Fsp3) is 0.316. The van der Waals surface area contributed by atoms with Crippen molar-refractivity contribution in [1.29, 1.82) is 0 Å². The Morgan fingerprint density at radius 3 is 2.75 bits per heavy atom. The normalized spacial score (nSPS) is 14.5. The number of para-hydroxylation sites is 1. The van der Waals surface area contributed by atoms with Gasteiger partial charge in [0.2, 0.25) is 11.1 Å². The summed E-state index contributed by atoms with van der Waals surface area (Å²) in [6.07, 6.45) is 0.719. The van der Waals surface area contributed by atoms with Gasteiger partial charge in [-0.2, -0.15) is 0 Å². The average molecular weight is 418 g/mol. The van der Waals surface area contributed by atoms with Gasteiger partial charge in [0.25, 0.3) is 0 Å². The summed E-state index contributed by atoms with van der Waals surface area (Å²) in [7, 11) is 0. The molecule has 2 aromatic heterocycles. The number of carbonyl (C=O) groups excluding carboxylic acids is 1. The van der Waals surface area contributed by atoms with Crippen molar-refractivity contribution < 1.29 is 9.18 Å². The fourth-order valence-electron chi connectivity index (χ4n) is 3.12. The van der Waals surface area contributed by atoms with Crippen molar-refractivity contribution in [2.24, 2.45) is 0 Å². The molecule has 6 nitrogen and oxygen atoms in total. The Kier molecular flexibility index (Phi) is 5.92. The van der Waals surface area contributed by atoms with Crippen LogP contribution < -0.4 is 4.90 Å². The summed E-state index contributed by atoms with van der Waals surface area (Å²) in [4.78, 5) is 22.0. The number of amides is 1. The number of carbonyl (C=O) groups is 1. The van der Waals surface area contributed by atoms with Crippen molar-refractivity contribution >= 4 is 34.7 Å². The Balaban J connectivity index is 1.25. The first-order valence-corrected chi connectivity index (χ1v) is 10.9. The number of halogens is 1. The van der Waals surface area contributed by atoms with Crippen LogP contribution in [0.1, 0.15) is 10.7 Å². The first-order chi connectivity index (χ1) is 13.7. The lowest BCUT2D eigenvalue weighted by atomic mass is 10.2. The van der Waals surface area contributed by atoms with Crippen LogP contribution in [-0.2, 0) is 11.2 Å². The molecule has 0 aliphatic carbocycles. The Bertz CT molecular complexity index is 922. The molecule has 1 amide bonds. The minimum atomic E-state index is -0.221. The number of aromatic amines is 1. The van der Waals surface area contributed by atoms with Crippen LogP contribution in [0.5, 0.6) is 0 Å². The third-order valence-corrected chi connectivity index (χ3v) is 6.29. The van der Waals surface area contributed by atoms with Crippen LogP contribution in [0.4, 0.5) is 10.1 Å². The monoisotopic (exact) mass is 417 g/mol. The lowest BCUT2D eigenvalue weighted by Crippen LogP contribution is -2.49. The van der Waals surface area contributed by atoms with Crippen molar-refractivity contribution in [1.82, 2.24) is 20.1 Å². The minimum absolute atomic E-state index is 0.0581. The summed E-state index contributed by atoms with van der Waals surface area (Å²) in [5.41, 5.74) is 0.600. The molecule has 9 heteroatoms. The molecule has 0 radical (unpaired) electrons. The van der Waals surface area contributed by atoms with E-state index in [1.165, 1.54) is 22.7 Å². The van der Waals surface area contributed by atoms with E-state index in [0.717, 1.165) is 12.2 Å². The zero-order valence-corrected chi connectivity index (χ0v) is 16.8. The van der Waals surface area contributed by atoms with Crippen LogP contribution in [-0.4, -0.2) is 57.9 Å². The second kappa shape index (κ2) is 8.74. The molecule has 0 spiro atoms. The first kappa shape index (κ1) is 18.9. The Labute approximate surface area is 170 Å². The van der Waals surface area contributed by atoms with Crippen LogP contribution in [0.2, 0.25) is 0 Å². The minimum Gasteiger partial charge on any atom is -0.366 e. The lowest BCUT2D eigenvalue weighted by molar-refractivity contribution is -0.128. The predicted octanol–water partition coefficient (Wildman–Crippen LogP) is 3.04. The molecule has 1 N–H and O–H groups in total. The quantitative estimate of drug-likeness (QED) is 0.625. The van der Waals surface area contributed by atoms with E-state index in [-0.39, 0.29) is 11.7 Å². The Hall–Kier alpha value is -2.39. The van der Waals surface area contributed by atoms with E-state index < -0.39 is 0 Å². The third-order valence-electron chi connectivity index (χ3n) is 4.58. The van der Waals surface area contributed by atoms with Gasteiger partial charge >= 0.3 is 0 Å². The maximum absolute atomic E-state index is 13.9. The van der Waals surface area contributed by atoms with Gasteiger partial charge in [0.15, 0.2) is 0 Å². The molecule has 0 saturated carbocycles. The SMILES string of the molecule is O=C(CSc1n[nH]c(Cc2cccs2)n1)N1CCN(c2ccccc2F)CC1. The topological polar surface area (TPSA) is 65.1 Å². The summed E-state index contributed by atoms with van der Waals surface area (Å²) in [5, 5.41) is 9.74. The summed E-state index contributed by atoms with van der Waals surface area (Å²) in [5.74, 6) is 0.940. The molecular weight excluding hydrogens is 397 g/mol. The molecule has 146 valence electrons. The second-order valence-corrected chi connectivity index (χ2v) is 8.40. The maximum atomic E-state index is 13.9. The van der Waals surface area contributed by atoms with E-state index in [1.54, 1.807) is 23.5 Å². The van der Waals surface area contributed by atoms with Crippen LogP contribution >= 0.6 is 23.1 Å². The highest BCUT2D eigenvalue weighted by Crippen LogP contribution is 2.21. The molecule has 1 saturated heterocycles. The number of nitrogens with one attached hydrogen (secondary N) is 1. The second-order valence-electron chi connectivity index (χ2n) is 6.43. The molecule has 1 aliphatic rings. The lowest BCUT2D eigenvalue weighted by Gasteiger charge is -2.36. The largest absolute Gasteiger partial charge is 0.366 e. The number of hydrogen-bond donors (Lipinski definition) is 1. The van der Waals surface area contributed by atoms with Crippen LogP contribution in [0.3, 0.4) is 0 Å². The summed E-state index contributed by atoms with van der Waals surface area (Å²) in [6.45, 7) is 2.43. The standard InChI is InChI=1S/C19H20FN5OS2/c20-15-5-1-2-6-16(15)24-7-9-25(10-8-24)18(26)13-28-19-21-17(22-23-19)12-14-4-3-11-27-14/h1-6,11H,7-10,12-13H2,(H,21,22,23). The maximum Gasteiger partial charge on any atom is 0.233 e. The van der Waals surface area contributed by atoms with Crippen LogP contribution in [0.25, 0.3) is 0 Å². The zero-order valence-electron chi connectivity index (χ0n) is 15.2. The van der Waals surface area contributed by atoms with Crippen molar-refractivity contribution in [3.05, 3.63) is 58.3 Å². The van der Waals surface area contributed by atoms with E-state index in [9.17, 15) is 9.18 Å². The van der Waals surface area contributed by atoms with Crippen molar-refractivity contribution in [3.8, 4) is 0 Å². The molecule has 1 aliphatic heterocycles. The number of thioether (sulfide) groups is 1. The third kappa shape index (κ3) is 4.53. The summed E-state index contributed by atoms with van der Waals surface area (Å²) in [6, 6.07) is 10.8. The van der Waals surface area contributed by atoms with Gasteiger partial charge in [-0.1, -0.05) is 30.0 Å². The number of benzene rings is 1. The zero-order chi connectivity index (χ0) is 19.3.